The first-order valence-corrected chi connectivity index (χ1v) is 15.7. The first kappa shape index (κ1) is 27.9. The minimum Gasteiger partial charge on any atom is -0.208 e. The first-order valence-electron chi connectivity index (χ1n) is 14.9. The highest BCUT2D eigenvalue weighted by Gasteiger charge is 2.15. The zero-order valence-corrected chi connectivity index (χ0v) is 25.5. The number of aromatic nitrogens is 3. The summed E-state index contributed by atoms with van der Waals surface area (Å²) < 4.78 is 30.0. The lowest BCUT2D eigenvalue weighted by atomic mass is 9.97. The van der Waals surface area contributed by atoms with E-state index in [1.165, 1.54) is 55.6 Å². The van der Waals surface area contributed by atoms with Crippen molar-refractivity contribution in [2.24, 2.45) is 0 Å². The van der Waals surface area contributed by atoms with Gasteiger partial charge >= 0.3 is 0 Å². The minimum absolute atomic E-state index is 0.342. The van der Waals surface area contributed by atoms with E-state index in [1.54, 1.807) is 24.3 Å². The van der Waals surface area contributed by atoms with Crippen LogP contribution in [0.5, 0.6) is 0 Å². The summed E-state index contributed by atoms with van der Waals surface area (Å²) in [5.74, 6) is 0.597. The third-order valence-electron chi connectivity index (χ3n) is 8.12. The molecule has 2 aromatic heterocycles. The van der Waals surface area contributed by atoms with E-state index in [4.69, 9.17) is 9.97 Å². The van der Waals surface area contributed by atoms with Crippen molar-refractivity contribution in [1.29, 1.82) is 0 Å². The van der Waals surface area contributed by atoms with Crippen LogP contribution in [0.15, 0.2) is 133 Å². The summed E-state index contributed by atoms with van der Waals surface area (Å²) in [6.07, 6.45) is 0. The number of halogens is 2. The third kappa shape index (κ3) is 5.23. The zero-order valence-electron chi connectivity index (χ0n) is 24.7. The lowest BCUT2D eigenvalue weighted by Crippen LogP contribution is -2.00. The molecule has 0 amide bonds. The Morgan fingerprint density at radius 3 is 1.61 bits per heavy atom. The van der Waals surface area contributed by atoms with E-state index in [9.17, 15) is 8.78 Å². The fraction of sp³-hybridized carbons (Fsp3) is 0.0250. The smallest absolute Gasteiger partial charge is 0.164 e. The van der Waals surface area contributed by atoms with Gasteiger partial charge in [-0.05, 0) is 101 Å². The van der Waals surface area contributed by atoms with Gasteiger partial charge in [-0.3, -0.25) is 0 Å². The Kier molecular flexibility index (Phi) is 6.92. The van der Waals surface area contributed by atoms with Crippen molar-refractivity contribution in [1.82, 2.24) is 15.0 Å². The average molecular weight is 618 g/mol. The van der Waals surface area contributed by atoms with Crippen molar-refractivity contribution in [2.75, 3.05) is 0 Å². The molecule has 0 aliphatic heterocycles. The number of hydrogen-bond donors (Lipinski definition) is 0. The lowest BCUT2D eigenvalue weighted by Gasteiger charge is -2.11. The van der Waals surface area contributed by atoms with E-state index >= 15 is 0 Å². The molecule has 0 saturated carbocycles. The number of thiophene rings is 1. The Labute approximate surface area is 268 Å². The van der Waals surface area contributed by atoms with Crippen molar-refractivity contribution in [2.45, 2.75) is 6.92 Å². The van der Waals surface area contributed by atoms with Crippen LogP contribution >= 0.6 is 11.3 Å². The molecule has 3 nitrogen and oxygen atoms in total. The summed E-state index contributed by atoms with van der Waals surface area (Å²) in [5.41, 5.74) is 7.82. The van der Waals surface area contributed by atoms with Crippen LogP contribution in [0.3, 0.4) is 0 Å². The molecule has 8 aromatic rings. The molecule has 0 fully saturated rings. The fourth-order valence-corrected chi connectivity index (χ4v) is 7.13. The molecule has 8 rings (SSSR count). The summed E-state index contributed by atoms with van der Waals surface area (Å²) >= 11 is 1.84. The zero-order chi connectivity index (χ0) is 31.2. The van der Waals surface area contributed by atoms with Gasteiger partial charge in [-0.2, -0.15) is 0 Å². The molecule has 6 aromatic carbocycles. The van der Waals surface area contributed by atoms with Crippen LogP contribution in [0, 0.1) is 18.6 Å². The second-order valence-electron chi connectivity index (χ2n) is 11.3. The minimum atomic E-state index is -0.342. The van der Waals surface area contributed by atoms with Gasteiger partial charge in [0.15, 0.2) is 17.5 Å². The van der Waals surface area contributed by atoms with Crippen molar-refractivity contribution in [3.8, 4) is 56.4 Å². The van der Waals surface area contributed by atoms with Gasteiger partial charge in [-0.25, -0.2) is 23.7 Å². The number of aryl methyl sites for hydroxylation is 1. The number of fused-ring (bicyclic) bond motifs is 3. The molecule has 46 heavy (non-hydrogen) atoms. The normalized spacial score (nSPS) is 11.4. The third-order valence-corrected chi connectivity index (χ3v) is 9.32. The molecule has 0 spiro atoms. The van der Waals surface area contributed by atoms with Crippen molar-refractivity contribution in [3.05, 3.63) is 151 Å². The van der Waals surface area contributed by atoms with Crippen LogP contribution in [-0.4, -0.2) is 15.0 Å². The molecule has 0 unspecified atom stereocenters. The second-order valence-corrected chi connectivity index (χ2v) is 12.3. The van der Waals surface area contributed by atoms with Gasteiger partial charge in [0.2, 0.25) is 0 Å². The monoisotopic (exact) mass is 617 g/mol. The van der Waals surface area contributed by atoms with E-state index in [2.05, 4.69) is 84.7 Å². The van der Waals surface area contributed by atoms with Gasteiger partial charge in [-0.1, -0.05) is 66.7 Å². The van der Waals surface area contributed by atoms with Crippen LogP contribution in [0.4, 0.5) is 8.78 Å². The van der Waals surface area contributed by atoms with Gasteiger partial charge < -0.3 is 0 Å². The Hall–Kier alpha value is -5.59. The molecule has 220 valence electrons. The van der Waals surface area contributed by atoms with Gasteiger partial charge in [0.1, 0.15) is 11.6 Å². The Morgan fingerprint density at radius 2 is 0.978 bits per heavy atom. The van der Waals surface area contributed by atoms with Crippen molar-refractivity contribution in [3.63, 3.8) is 0 Å². The van der Waals surface area contributed by atoms with E-state index in [1.807, 2.05) is 23.5 Å². The predicted molar refractivity (Wildman–Crippen MR) is 185 cm³/mol. The average Bonchev–Trinajstić information content (AvgIpc) is 3.46. The van der Waals surface area contributed by atoms with Crippen molar-refractivity contribution >= 4 is 31.5 Å². The van der Waals surface area contributed by atoms with E-state index in [0.717, 1.165) is 22.3 Å². The van der Waals surface area contributed by atoms with Crippen LogP contribution < -0.4 is 0 Å². The van der Waals surface area contributed by atoms with Crippen LogP contribution in [0.25, 0.3) is 76.6 Å². The first-order chi connectivity index (χ1) is 22.5. The van der Waals surface area contributed by atoms with Gasteiger partial charge in [0.05, 0.1) is 0 Å². The molecule has 2 heterocycles. The van der Waals surface area contributed by atoms with Gasteiger partial charge in [0, 0.05) is 36.9 Å². The molecule has 0 N–H and O–H groups in total. The SMILES string of the molecule is Cc1ccc2c(c1)sc1c(-c3cccc(-c4cccc(-c5nc(-c6ccc(F)cc6)nc(-c6ccc(F)cc6)n5)c4)c3)cccc12. The summed E-state index contributed by atoms with van der Waals surface area (Å²) in [4.78, 5) is 14.2. The van der Waals surface area contributed by atoms with Crippen LogP contribution in [0.1, 0.15) is 5.56 Å². The maximum atomic E-state index is 13.7. The highest BCUT2D eigenvalue weighted by atomic mass is 32.1. The quantitative estimate of drug-likeness (QED) is 0.193. The summed E-state index contributed by atoms with van der Waals surface area (Å²) in [6, 6.07) is 42.0. The largest absolute Gasteiger partial charge is 0.208 e. The Morgan fingerprint density at radius 1 is 0.457 bits per heavy atom. The van der Waals surface area contributed by atoms with Crippen LogP contribution in [0.2, 0.25) is 0 Å². The van der Waals surface area contributed by atoms with Gasteiger partial charge in [0.25, 0.3) is 0 Å². The standard InChI is InChI=1S/C40H25F2N3S/c1-24-11-20-34-35-10-4-9-33(37(35)46-36(34)21-24)29-7-2-5-27(22-29)28-6-3-8-30(23-28)40-44-38(25-12-16-31(41)17-13-25)43-39(45-40)26-14-18-32(42)19-15-26/h2-23H,1H3. The number of nitrogens with zero attached hydrogens (tertiary/aromatic N) is 3. The topological polar surface area (TPSA) is 38.7 Å². The molecule has 6 heteroatoms. The number of benzene rings is 6. The molecule has 0 bridgehead atoms. The highest BCUT2D eigenvalue weighted by Crippen LogP contribution is 2.41. The Balaban J connectivity index is 1.22. The Bertz CT molecular complexity index is 2330. The lowest BCUT2D eigenvalue weighted by molar-refractivity contribution is 0.627. The highest BCUT2D eigenvalue weighted by molar-refractivity contribution is 7.26. The van der Waals surface area contributed by atoms with Gasteiger partial charge in [-0.15, -0.1) is 11.3 Å². The van der Waals surface area contributed by atoms with E-state index < -0.39 is 0 Å². The molecular formula is C40H25F2N3S. The molecule has 0 aliphatic rings. The van der Waals surface area contributed by atoms with Crippen LogP contribution in [-0.2, 0) is 0 Å². The van der Waals surface area contributed by atoms with E-state index in [0.29, 0.717) is 28.6 Å². The van der Waals surface area contributed by atoms with Crippen molar-refractivity contribution < 1.29 is 8.78 Å². The number of hydrogen-bond acceptors (Lipinski definition) is 4. The summed E-state index contributed by atoms with van der Waals surface area (Å²) in [7, 11) is 0. The van der Waals surface area contributed by atoms with E-state index in [-0.39, 0.29) is 11.6 Å². The second kappa shape index (κ2) is 11.4. The number of rotatable bonds is 5. The molecule has 0 atom stereocenters. The predicted octanol–water partition coefficient (Wildman–Crippen LogP) is 11.2. The molecular weight excluding hydrogens is 593 g/mol. The fourth-order valence-electron chi connectivity index (χ4n) is 5.80. The molecule has 0 saturated heterocycles. The maximum Gasteiger partial charge on any atom is 0.164 e. The maximum absolute atomic E-state index is 13.7. The molecule has 0 radical (unpaired) electrons. The summed E-state index contributed by atoms with van der Waals surface area (Å²) in [6.45, 7) is 2.13. The molecule has 0 aliphatic carbocycles. The summed E-state index contributed by atoms with van der Waals surface area (Å²) in [5, 5.41) is 2.56.